The minimum Gasteiger partial charge on any atom is -0.507 e. The average molecular weight is 405 g/mol. The van der Waals surface area contributed by atoms with E-state index in [1.807, 2.05) is 19.1 Å². The molecule has 29 heavy (non-hydrogen) atoms. The van der Waals surface area contributed by atoms with Crippen molar-refractivity contribution in [3.8, 4) is 0 Å². The van der Waals surface area contributed by atoms with Crippen LogP contribution in [0.1, 0.15) is 22.7 Å². The van der Waals surface area contributed by atoms with Crippen LogP contribution in [0.2, 0.25) is 5.02 Å². The number of amides is 1. The third kappa shape index (κ3) is 3.30. The maximum absolute atomic E-state index is 13.0. The number of carbonyl (C=O) groups excluding carboxylic acids is 2. The van der Waals surface area contributed by atoms with Crippen molar-refractivity contribution in [2.24, 2.45) is 0 Å². The van der Waals surface area contributed by atoms with Crippen LogP contribution in [0.15, 0.2) is 78.6 Å². The monoisotopic (exact) mass is 404 g/mol. The molecule has 5 nitrogen and oxygen atoms in total. The number of hydrogen-bond acceptors (Lipinski definition) is 4. The molecule has 1 atom stereocenters. The zero-order valence-corrected chi connectivity index (χ0v) is 16.3. The number of aryl methyl sites for hydroxylation is 1. The van der Waals surface area contributed by atoms with E-state index in [-0.39, 0.29) is 11.3 Å². The van der Waals surface area contributed by atoms with Gasteiger partial charge in [-0.3, -0.25) is 19.5 Å². The van der Waals surface area contributed by atoms with Crippen molar-refractivity contribution in [3.05, 3.63) is 100 Å². The van der Waals surface area contributed by atoms with E-state index in [1.54, 1.807) is 60.9 Å². The number of pyridine rings is 1. The van der Waals surface area contributed by atoms with Crippen LogP contribution >= 0.6 is 11.6 Å². The number of anilines is 1. The second-order valence-electron chi connectivity index (χ2n) is 6.75. The number of hydrogen-bond donors (Lipinski definition) is 1. The van der Waals surface area contributed by atoms with Gasteiger partial charge in [0, 0.05) is 28.7 Å². The molecule has 0 bridgehead atoms. The number of rotatable bonds is 3. The van der Waals surface area contributed by atoms with Crippen molar-refractivity contribution in [3.63, 3.8) is 0 Å². The summed E-state index contributed by atoms with van der Waals surface area (Å²) in [7, 11) is 0. The van der Waals surface area contributed by atoms with Crippen molar-refractivity contribution in [1.29, 1.82) is 0 Å². The van der Waals surface area contributed by atoms with Gasteiger partial charge in [0.05, 0.1) is 11.6 Å². The second-order valence-corrected chi connectivity index (χ2v) is 7.19. The van der Waals surface area contributed by atoms with Gasteiger partial charge in [-0.25, -0.2) is 0 Å². The van der Waals surface area contributed by atoms with Gasteiger partial charge in [0.15, 0.2) is 0 Å². The van der Waals surface area contributed by atoms with E-state index in [9.17, 15) is 14.7 Å². The molecular weight excluding hydrogens is 388 g/mol. The summed E-state index contributed by atoms with van der Waals surface area (Å²) in [6.45, 7) is 1.87. The first kappa shape index (κ1) is 18.9. The molecule has 1 aromatic heterocycles. The summed E-state index contributed by atoms with van der Waals surface area (Å²) in [5, 5.41) is 11.5. The molecule has 3 aromatic rings. The fourth-order valence-corrected chi connectivity index (χ4v) is 3.66. The van der Waals surface area contributed by atoms with Gasteiger partial charge in [0.25, 0.3) is 11.7 Å². The van der Waals surface area contributed by atoms with Crippen molar-refractivity contribution in [1.82, 2.24) is 4.98 Å². The molecule has 6 heteroatoms. The standard InChI is InChI=1S/C23H17ClN2O3/c1-14-5-2-3-7-18(14)26-20(16-6-4-12-25-13-16)19(22(28)23(26)29)21(27)15-8-10-17(24)11-9-15/h2-13,20,27H,1H3/b21-19+. The Morgan fingerprint density at radius 3 is 2.41 bits per heavy atom. The molecule has 4 rings (SSSR count). The van der Waals surface area contributed by atoms with E-state index >= 15 is 0 Å². The van der Waals surface area contributed by atoms with Gasteiger partial charge >= 0.3 is 0 Å². The highest BCUT2D eigenvalue weighted by Gasteiger charge is 2.47. The first-order valence-electron chi connectivity index (χ1n) is 9.01. The summed E-state index contributed by atoms with van der Waals surface area (Å²) >= 11 is 5.94. The van der Waals surface area contributed by atoms with Gasteiger partial charge in [0.2, 0.25) is 0 Å². The lowest BCUT2D eigenvalue weighted by Gasteiger charge is -2.26. The quantitative estimate of drug-likeness (QED) is 0.391. The third-order valence-electron chi connectivity index (χ3n) is 4.94. The van der Waals surface area contributed by atoms with E-state index in [0.717, 1.165) is 5.56 Å². The number of para-hydroxylation sites is 1. The van der Waals surface area contributed by atoms with Crippen LogP contribution in [0, 0.1) is 6.92 Å². The minimum atomic E-state index is -0.791. The lowest BCUT2D eigenvalue weighted by Crippen LogP contribution is -2.30. The molecule has 1 aliphatic heterocycles. The molecule has 144 valence electrons. The Hall–Kier alpha value is -3.44. The Kier molecular flexibility index (Phi) is 4.91. The van der Waals surface area contributed by atoms with Crippen LogP contribution < -0.4 is 4.90 Å². The molecule has 1 N–H and O–H groups in total. The van der Waals surface area contributed by atoms with Crippen LogP contribution in [0.25, 0.3) is 5.76 Å². The zero-order valence-electron chi connectivity index (χ0n) is 15.5. The van der Waals surface area contributed by atoms with Gasteiger partial charge < -0.3 is 5.11 Å². The normalized spacial score (nSPS) is 18.3. The largest absolute Gasteiger partial charge is 0.507 e. The van der Waals surface area contributed by atoms with E-state index in [4.69, 9.17) is 11.6 Å². The summed E-state index contributed by atoms with van der Waals surface area (Å²) in [6.07, 6.45) is 3.21. The molecule has 2 aromatic carbocycles. The lowest BCUT2D eigenvalue weighted by molar-refractivity contribution is -0.132. The Morgan fingerprint density at radius 2 is 1.76 bits per heavy atom. The Labute approximate surface area is 172 Å². The number of halogens is 1. The first-order chi connectivity index (χ1) is 14.0. The predicted molar refractivity (Wildman–Crippen MR) is 112 cm³/mol. The molecule has 0 radical (unpaired) electrons. The summed E-state index contributed by atoms with van der Waals surface area (Å²) < 4.78 is 0. The molecule has 1 unspecified atom stereocenters. The van der Waals surface area contributed by atoms with E-state index in [1.165, 1.54) is 4.90 Å². The number of ketones is 1. The highest BCUT2D eigenvalue weighted by atomic mass is 35.5. The number of Topliss-reactive ketones (excluding diaryl/α,β-unsaturated/α-hetero) is 1. The fourth-order valence-electron chi connectivity index (χ4n) is 3.53. The van der Waals surface area contributed by atoms with Gasteiger partial charge in [-0.2, -0.15) is 0 Å². The molecule has 2 heterocycles. The SMILES string of the molecule is Cc1ccccc1N1C(=O)C(=O)/C(=C(/O)c2ccc(Cl)cc2)C1c1cccnc1. The van der Waals surface area contributed by atoms with Gasteiger partial charge in [-0.1, -0.05) is 35.9 Å². The van der Waals surface area contributed by atoms with Crippen molar-refractivity contribution >= 4 is 34.7 Å². The minimum absolute atomic E-state index is 0.0218. The molecule has 0 spiro atoms. The van der Waals surface area contributed by atoms with Gasteiger partial charge in [-0.05, 0) is 54.4 Å². The molecule has 1 aliphatic rings. The summed E-state index contributed by atoms with van der Waals surface area (Å²) in [5.41, 5.74) is 2.51. The van der Waals surface area contributed by atoms with E-state index in [2.05, 4.69) is 4.98 Å². The van der Waals surface area contributed by atoms with Crippen LogP contribution in [0.4, 0.5) is 5.69 Å². The summed E-state index contributed by atoms with van der Waals surface area (Å²) in [6, 6.07) is 16.5. The lowest BCUT2D eigenvalue weighted by atomic mass is 9.96. The third-order valence-corrected chi connectivity index (χ3v) is 5.19. The molecule has 1 saturated heterocycles. The molecule has 1 amide bonds. The van der Waals surface area contributed by atoms with E-state index < -0.39 is 17.7 Å². The highest BCUT2D eigenvalue weighted by molar-refractivity contribution is 6.51. The highest BCUT2D eigenvalue weighted by Crippen LogP contribution is 2.42. The second kappa shape index (κ2) is 7.53. The number of carbonyl (C=O) groups is 2. The number of aliphatic hydroxyl groups is 1. The number of nitrogens with zero attached hydrogens (tertiary/aromatic N) is 2. The average Bonchev–Trinajstić information content (AvgIpc) is 3.00. The fraction of sp³-hybridized carbons (Fsp3) is 0.0870. The maximum atomic E-state index is 13.0. The maximum Gasteiger partial charge on any atom is 0.300 e. The molecular formula is C23H17ClN2O3. The van der Waals surface area contributed by atoms with E-state index in [0.29, 0.717) is 21.8 Å². The number of aromatic nitrogens is 1. The van der Waals surface area contributed by atoms with Crippen LogP contribution in [-0.2, 0) is 9.59 Å². The summed E-state index contributed by atoms with van der Waals surface area (Å²) in [5.74, 6) is -1.68. The molecule has 0 saturated carbocycles. The first-order valence-corrected chi connectivity index (χ1v) is 9.39. The molecule has 1 fully saturated rings. The van der Waals surface area contributed by atoms with Crippen molar-refractivity contribution in [2.75, 3.05) is 4.90 Å². The van der Waals surface area contributed by atoms with Gasteiger partial charge in [0.1, 0.15) is 5.76 Å². The number of benzene rings is 2. The Balaban J connectivity index is 1.96. The van der Waals surface area contributed by atoms with Crippen LogP contribution in [0.3, 0.4) is 0 Å². The Morgan fingerprint density at radius 1 is 1.03 bits per heavy atom. The predicted octanol–water partition coefficient (Wildman–Crippen LogP) is 4.67. The van der Waals surface area contributed by atoms with Gasteiger partial charge in [-0.15, -0.1) is 0 Å². The smallest absolute Gasteiger partial charge is 0.300 e. The Bertz CT molecular complexity index is 1120. The van der Waals surface area contributed by atoms with Crippen molar-refractivity contribution in [2.45, 2.75) is 13.0 Å². The van der Waals surface area contributed by atoms with Crippen LogP contribution in [0.5, 0.6) is 0 Å². The summed E-state index contributed by atoms with van der Waals surface area (Å²) in [4.78, 5) is 31.6. The number of aliphatic hydroxyl groups excluding tert-OH is 1. The molecule has 0 aliphatic carbocycles. The van der Waals surface area contributed by atoms with Crippen LogP contribution in [-0.4, -0.2) is 21.8 Å². The zero-order chi connectivity index (χ0) is 20.5. The topological polar surface area (TPSA) is 70.5 Å². The van der Waals surface area contributed by atoms with Crippen molar-refractivity contribution < 1.29 is 14.7 Å².